The summed E-state index contributed by atoms with van der Waals surface area (Å²) in [6, 6.07) is 15.7. The van der Waals surface area contributed by atoms with Crippen molar-refractivity contribution in [3.8, 4) is 0 Å². The van der Waals surface area contributed by atoms with Crippen LogP contribution in [-0.4, -0.2) is 54.3 Å². The molecule has 3 aromatic rings. The fourth-order valence-corrected chi connectivity index (χ4v) is 7.51. The number of likely N-dealkylation sites (tertiary alicyclic amines) is 1. The molecule has 7 heteroatoms. The second-order valence-corrected chi connectivity index (χ2v) is 13.6. The zero-order valence-corrected chi connectivity index (χ0v) is 23.4. The fourth-order valence-electron chi connectivity index (χ4n) is 6.04. The van der Waals surface area contributed by atoms with Crippen LogP contribution in [0.15, 0.2) is 53.4 Å². The average Bonchev–Trinajstić information content (AvgIpc) is 3.51. The Morgan fingerprint density at radius 3 is 2.16 bits per heavy atom. The average molecular weight is 522 g/mol. The zero-order valence-electron chi connectivity index (χ0n) is 22.5. The second kappa shape index (κ2) is 9.91. The summed E-state index contributed by atoms with van der Waals surface area (Å²) in [5.41, 5.74) is 4.61. The van der Waals surface area contributed by atoms with Crippen LogP contribution in [0.1, 0.15) is 69.2 Å². The van der Waals surface area contributed by atoms with E-state index < -0.39 is 10.0 Å². The lowest BCUT2D eigenvalue weighted by molar-refractivity contribution is -0.130. The number of hydrogen-bond donors (Lipinski definition) is 0. The Balaban J connectivity index is 1.35. The molecule has 2 aliphatic heterocycles. The number of fused-ring (bicyclic) bond motifs is 1. The van der Waals surface area contributed by atoms with E-state index in [0.717, 1.165) is 55.5 Å². The van der Waals surface area contributed by atoms with Crippen molar-refractivity contribution in [3.05, 3.63) is 65.4 Å². The Morgan fingerprint density at radius 1 is 0.919 bits per heavy atom. The topological polar surface area (TPSA) is 62.6 Å². The highest BCUT2D eigenvalue weighted by Crippen LogP contribution is 2.38. The predicted octanol–water partition coefficient (Wildman–Crippen LogP) is 5.44. The highest BCUT2D eigenvalue weighted by molar-refractivity contribution is 7.89. The lowest BCUT2D eigenvalue weighted by Crippen LogP contribution is -2.38. The highest BCUT2D eigenvalue weighted by atomic mass is 32.2. The van der Waals surface area contributed by atoms with Gasteiger partial charge in [0.15, 0.2) is 0 Å². The van der Waals surface area contributed by atoms with Gasteiger partial charge in [0.2, 0.25) is 15.9 Å². The second-order valence-electron chi connectivity index (χ2n) is 11.6. The van der Waals surface area contributed by atoms with Crippen LogP contribution >= 0.6 is 0 Å². The molecule has 5 rings (SSSR count). The number of carbonyl (C=O) groups is 1. The quantitative estimate of drug-likeness (QED) is 0.449. The minimum Gasteiger partial charge on any atom is -0.341 e. The number of rotatable bonds is 5. The summed E-state index contributed by atoms with van der Waals surface area (Å²) in [7, 11) is -3.52. The van der Waals surface area contributed by atoms with E-state index in [0.29, 0.717) is 24.5 Å². The van der Waals surface area contributed by atoms with Crippen LogP contribution in [0.4, 0.5) is 0 Å². The Hall–Kier alpha value is -2.64. The Labute approximate surface area is 221 Å². The molecule has 0 aliphatic carbocycles. The molecule has 3 heterocycles. The largest absolute Gasteiger partial charge is 0.341 e. The summed E-state index contributed by atoms with van der Waals surface area (Å²) in [6.45, 7) is 11.6. The smallest absolute Gasteiger partial charge is 0.243 e. The van der Waals surface area contributed by atoms with Crippen LogP contribution in [0.5, 0.6) is 0 Å². The molecule has 0 bridgehead atoms. The Morgan fingerprint density at radius 2 is 1.54 bits per heavy atom. The van der Waals surface area contributed by atoms with Crippen molar-refractivity contribution in [2.24, 2.45) is 0 Å². The molecule has 0 spiro atoms. The van der Waals surface area contributed by atoms with Gasteiger partial charge in [0.25, 0.3) is 0 Å². The van der Waals surface area contributed by atoms with Gasteiger partial charge >= 0.3 is 0 Å². The monoisotopic (exact) mass is 521 g/mol. The molecule has 2 fully saturated rings. The molecular weight excluding hydrogens is 482 g/mol. The first-order valence-electron chi connectivity index (χ1n) is 13.5. The number of nitrogens with zero attached hydrogens (tertiary/aromatic N) is 3. The van der Waals surface area contributed by atoms with Crippen molar-refractivity contribution in [3.63, 3.8) is 0 Å². The van der Waals surface area contributed by atoms with Crippen molar-refractivity contribution >= 4 is 26.8 Å². The number of benzene rings is 2. The van der Waals surface area contributed by atoms with Crippen LogP contribution in [0.3, 0.4) is 0 Å². The maximum Gasteiger partial charge on any atom is 0.243 e. The van der Waals surface area contributed by atoms with Gasteiger partial charge in [-0.1, -0.05) is 51.1 Å². The molecule has 198 valence electrons. The standard InChI is InChI=1S/C30H39N3O3S/c1-22-29(26-9-5-6-10-27(26)33(22)21-28(34)31-17-7-8-18-31)23-15-19-32(20-16-23)37(35,36)25-13-11-24(12-14-25)30(2,3)4/h5-6,9-14,23H,7-8,15-21H2,1-4H3. The van der Waals surface area contributed by atoms with Gasteiger partial charge in [0.1, 0.15) is 6.54 Å². The summed E-state index contributed by atoms with van der Waals surface area (Å²) < 4.78 is 30.6. The molecule has 2 aliphatic rings. The van der Waals surface area contributed by atoms with E-state index in [9.17, 15) is 13.2 Å². The number of aromatic nitrogens is 1. The van der Waals surface area contributed by atoms with Gasteiger partial charge in [-0.2, -0.15) is 4.31 Å². The van der Waals surface area contributed by atoms with E-state index in [-0.39, 0.29) is 17.2 Å². The van der Waals surface area contributed by atoms with E-state index in [1.807, 2.05) is 23.1 Å². The van der Waals surface area contributed by atoms with E-state index in [1.54, 1.807) is 16.4 Å². The predicted molar refractivity (Wildman–Crippen MR) is 148 cm³/mol. The number of carbonyl (C=O) groups excluding carboxylic acids is 1. The van der Waals surface area contributed by atoms with Crippen LogP contribution in [0.2, 0.25) is 0 Å². The van der Waals surface area contributed by atoms with Crippen LogP contribution in [-0.2, 0) is 26.8 Å². The number of sulfonamides is 1. The fraction of sp³-hybridized carbons (Fsp3) is 0.500. The minimum absolute atomic E-state index is 0.0171. The van der Waals surface area contributed by atoms with Crippen LogP contribution in [0.25, 0.3) is 10.9 Å². The Kier molecular flexibility index (Phi) is 6.96. The number of hydrogen-bond acceptors (Lipinski definition) is 3. The third kappa shape index (κ3) is 4.96. The number of amides is 1. The van der Waals surface area contributed by atoms with Gasteiger partial charge in [0.05, 0.1) is 4.90 Å². The molecule has 1 aromatic heterocycles. The van der Waals surface area contributed by atoms with Crippen LogP contribution in [0, 0.1) is 6.92 Å². The molecule has 0 unspecified atom stereocenters. The molecule has 1 amide bonds. The van der Waals surface area contributed by atoms with Gasteiger partial charge in [0, 0.05) is 42.8 Å². The summed E-state index contributed by atoms with van der Waals surface area (Å²) >= 11 is 0. The van der Waals surface area contributed by atoms with E-state index in [4.69, 9.17) is 0 Å². The SMILES string of the molecule is Cc1c(C2CCN(S(=O)(=O)c3ccc(C(C)(C)C)cc3)CC2)c2ccccc2n1CC(=O)N1CCCC1. The highest BCUT2D eigenvalue weighted by Gasteiger charge is 2.33. The van der Waals surface area contributed by atoms with E-state index >= 15 is 0 Å². The number of piperidine rings is 1. The molecule has 0 atom stereocenters. The van der Waals surface area contributed by atoms with Crippen molar-refractivity contribution in [1.82, 2.24) is 13.8 Å². The third-order valence-corrected chi connectivity index (χ3v) is 10.2. The lowest BCUT2D eigenvalue weighted by atomic mass is 9.87. The molecule has 6 nitrogen and oxygen atoms in total. The van der Waals surface area contributed by atoms with E-state index in [1.165, 1.54) is 10.9 Å². The Bertz CT molecular complexity index is 1390. The van der Waals surface area contributed by atoms with E-state index in [2.05, 4.69) is 50.5 Å². The van der Waals surface area contributed by atoms with Gasteiger partial charge in [-0.25, -0.2) is 8.42 Å². The minimum atomic E-state index is -3.52. The molecule has 0 saturated carbocycles. The van der Waals surface area contributed by atoms with Gasteiger partial charge in [-0.05, 0) is 73.3 Å². The maximum absolute atomic E-state index is 13.4. The lowest BCUT2D eigenvalue weighted by Gasteiger charge is -2.32. The first-order valence-corrected chi connectivity index (χ1v) is 15.0. The van der Waals surface area contributed by atoms with Gasteiger partial charge in [-0.3, -0.25) is 4.79 Å². The summed E-state index contributed by atoms with van der Waals surface area (Å²) in [6.07, 6.45) is 3.72. The molecule has 37 heavy (non-hydrogen) atoms. The van der Waals surface area contributed by atoms with Crippen molar-refractivity contribution < 1.29 is 13.2 Å². The van der Waals surface area contributed by atoms with Gasteiger partial charge < -0.3 is 9.47 Å². The zero-order chi connectivity index (χ0) is 26.4. The number of para-hydroxylation sites is 1. The normalized spacial score (nSPS) is 18.1. The molecule has 0 N–H and O–H groups in total. The van der Waals surface area contributed by atoms with Crippen LogP contribution < -0.4 is 0 Å². The summed E-state index contributed by atoms with van der Waals surface area (Å²) in [5, 5.41) is 1.19. The molecule has 0 radical (unpaired) electrons. The molecule has 2 saturated heterocycles. The maximum atomic E-state index is 13.4. The molecule has 2 aromatic carbocycles. The summed E-state index contributed by atoms with van der Waals surface area (Å²) in [5.74, 6) is 0.453. The first kappa shape index (κ1) is 26.0. The van der Waals surface area contributed by atoms with Crippen molar-refractivity contribution in [2.75, 3.05) is 26.2 Å². The molecular formula is C30H39N3O3S. The first-order chi connectivity index (χ1) is 17.6. The van der Waals surface area contributed by atoms with Crippen molar-refractivity contribution in [1.29, 1.82) is 0 Å². The summed E-state index contributed by atoms with van der Waals surface area (Å²) in [4.78, 5) is 15.3. The van der Waals surface area contributed by atoms with Crippen molar-refractivity contribution in [2.45, 2.75) is 76.2 Å². The third-order valence-electron chi connectivity index (χ3n) is 8.25. The van der Waals surface area contributed by atoms with Gasteiger partial charge in [-0.15, -0.1) is 0 Å².